The van der Waals surface area contributed by atoms with Crippen LogP contribution in [0.5, 0.6) is 0 Å². The molecule has 0 aliphatic heterocycles. The summed E-state index contributed by atoms with van der Waals surface area (Å²) in [5.74, 6) is 1.18. The maximum absolute atomic E-state index is 12.7. The van der Waals surface area contributed by atoms with Gasteiger partial charge in [-0.3, -0.25) is 13.9 Å². The molecule has 0 saturated heterocycles. The van der Waals surface area contributed by atoms with Crippen LogP contribution in [0.3, 0.4) is 0 Å². The Bertz CT molecular complexity index is 1240. The van der Waals surface area contributed by atoms with Gasteiger partial charge in [-0.2, -0.15) is 0 Å². The first-order chi connectivity index (χ1) is 13.9. The van der Waals surface area contributed by atoms with E-state index in [1.54, 1.807) is 53.8 Å². The van der Waals surface area contributed by atoms with E-state index in [0.29, 0.717) is 22.0 Å². The van der Waals surface area contributed by atoms with Crippen LogP contribution in [0.2, 0.25) is 5.02 Å². The van der Waals surface area contributed by atoms with Gasteiger partial charge in [0.15, 0.2) is 0 Å². The van der Waals surface area contributed by atoms with Crippen molar-refractivity contribution in [3.05, 3.63) is 81.6 Å². The number of aryl methyl sites for hydroxylation is 2. The number of nitrogens with zero attached hydrogens (tertiary/aromatic N) is 2. The fourth-order valence-corrected chi connectivity index (χ4v) is 4.13. The van der Waals surface area contributed by atoms with Crippen molar-refractivity contribution in [3.63, 3.8) is 0 Å². The third-order valence-electron chi connectivity index (χ3n) is 4.68. The number of aromatic nitrogens is 2. The molecule has 2 aromatic carbocycles. The van der Waals surface area contributed by atoms with Crippen LogP contribution in [0.15, 0.2) is 68.9 Å². The molecule has 1 N–H and O–H groups in total. The van der Waals surface area contributed by atoms with Crippen molar-refractivity contribution in [1.82, 2.24) is 9.13 Å². The molecule has 148 valence electrons. The lowest BCUT2D eigenvalue weighted by molar-refractivity contribution is 0.102. The van der Waals surface area contributed by atoms with Gasteiger partial charge in [0.2, 0.25) is 0 Å². The molecule has 0 radical (unpaired) electrons. The zero-order chi connectivity index (χ0) is 20.5. The maximum atomic E-state index is 12.7. The highest BCUT2D eigenvalue weighted by molar-refractivity contribution is 7.98. The molecule has 0 spiro atoms. The number of nitrogens with one attached hydrogen (secondary N) is 1. The Labute approximate surface area is 176 Å². The van der Waals surface area contributed by atoms with Crippen molar-refractivity contribution in [1.29, 1.82) is 0 Å². The Kier molecular flexibility index (Phi) is 5.25. The highest BCUT2D eigenvalue weighted by Crippen LogP contribution is 2.34. The quantitative estimate of drug-likeness (QED) is 0.470. The van der Waals surface area contributed by atoms with Crippen LogP contribution in [0.1, 0.15) is 16.1 Å². The van der Waals surface area contributed by atoms with Gasteiger partial charge in [-0.05, 0) is 48.5 Å². The summed E-state index contributed by atoms with van der Waals surface area (Å²) in [4.78, 5) is 25.9. The van der Waals surface area contributed by atoms with Crippen LogP contribution in [0.25, 0.3) is 11.0 Å². The normalized spacial score (nSPS) is 11.1. The van der Waals surface area contributed by atoms with E-state index in [2.05, 4.69) is 5.32 Å². The highest BCUT2D eigenvalue weighted by atomic mass is 35.5. The Hall–Kier alpha value is -2.90. The number of halogens is 1. The monoisotopic (exact) mass is 427 g/mol. The van der Waals surface area contributed by atoms with Gasteiger partial charge in [0.1, 0.15) is 5.76 Å². The number of fused-ring (bicyclic) bond motifs is 1. The van der Waals surface area contributed by atoms with Crippen LogP contribution >= 0.6 is 23.4 Å². The number of imidazole rings is 1. The Balaban J connectivity index is 1.73. The second-order valence-electron chi connectivity index (χ2n) is 6.57. The first-order valence-corrected chi connectivity index (χ1v) is 10.2. The summed E-state index contributed by atoms with van der Waals surface area (Å²) in [6.07, 6.45) is 1.63. The standard InChI is InChI=1S/C21H18ClN3O3S/c1-24-17-10-16(23-20(26)13-5-7-14(22)8-6-13)19(11-18(17)25(2)21(24)27)29-12-15-4-3-9-28-15/h3-11H,12H2,1-2H3,(H,23,26). The highest BCUT2D eigenvalue weighted by Gasteiger charge is 2.16. The predicted octanol–water partition coefficient (Wildman–Crippen LogP) is 4.67. The first kappa shape index (κ1) is 19.4. The van der Waals surface area contributed by atoms with Crippen molar-refractivity contribution in [3.8, 4) is 0 Å². The number of rotatable bonds is 5. The van der Waals surface area contributed by atoms with Gasteiger partial charge in [-0.15, -0.1) is 11.8 Å². The molecule has 0 bridgehead atoms. The predicted molar refractivity (Wildman–Crippen MR) is 116 cm³/mol. The van der Waals surface area contributed by atoms with Gasteiger partial charge >= 0.3 is 5.69 Å². The van der Waals surface area contributed by atoms with E-state index in [4.69, 9.17) is 16.0 Å². The van der Waals surface area contributed by atoms with Gasteiger partial charge in [-0.25, -0.2) is 4.79 Å². The molecule has 0 aliphatic carbocycles. The number of hydrogen-bond acceptors (Lipinski definition) is 4. The largest absolute Gasteiger partial charge is 0.468 e. The van der Waals surface area contributed by atoms with Gasteiger partial charge in [-0.1, -0.05) is 11.6 Å². The maximum Gasteiger partial charge on any atom is 0.328 e. The Morgan fingerprint density at radius 3 is 2.45 bits per heavy atom. The minimum Gasteiger partial charge on any atom is -0.468 e. The molecular formula is C21H18ClN3O3S. The number of thioether (sulfide) groups is 1. The number of furan rings is 1. The first-order valence-electron chi connectivity index (χ1n) is 8.85. The second kappa shape index (κ2) is 7.85. The van der Waals surface area contributed by atoms with E-state index in [1.807, 2.05) is 24.3 Å². The van der Waals surface area contributed by atoms with Crippen LogP contribution in [0, 0.1) is 0 Å². The molecular weight excluding hydrogens is 410 g/mol. The summed E-state index contributed by atoms with van der Waals surface area (Å²) in [6.45, 7) is 0. The van der Waals surface area contributed by atoms with E-state index in [9.17, 15) is 9.59 Å². The molecule has 2 aromatic heterocycles. The zero-order valence-electron chi connectivity index (χ0n) is 15.8. The summed E-state index contributed by atoms with van der Waals surface area (Å²) >= 11 is 7.44. The minimum atomic E-state index is -0.248. The van der Waals surface area contributed by atoms with Gasteiger partial charge in [0.25, 0.3) is 5.91 Å². The van der Waals surface area contributed by atoms with Crippen molar-refractivity contribution in [2.45, 2.75) is 10.6 Å². The van der Waals surface area contributed by atoms with Gasteiger partial charge in [0, 0.05) is 29.6 Å². The smallest absolute Gasteiger partial charge is 0.328 e. The van der Waals surface area contributed by atoms with Crippen molar-refractivity contribution in [2.75, 3.05) is 5.32 Å². The fourth-order valence-electron chi connectivity index (χ4n) is 3.08. The van der Waals surface area contributed by atoms with Crippen molar-refractivity contribution >= 4 is 46.0 Å². The Morgan fingerprint density at radius 1 is 1.10 bits per heavy atom. The Morgan fingerprint density at radius 2 is 1.79 bits per heavy atom. The van der Waals surface area contributed by atoms with E-state index < -0.39 is 0 Å². The summed E-state index contributed by atoms with van der Waals surface area (Å²) < 4.78 is 8.57. The van der Waals surface area contributed by atoms with E-state index in [-0.39, 0.29) is 11.6 Å². The molecule has 0 aliphatic rings. The summed E-state index contributed by atoms with van der Waals surface area (Å²) in [7, 11) is 3.45. The number of amides is 1. The molecule has 0 atom stereocenters. The summed E-state index contributed by atoms with van der Waals surface area (Å²) in [5, 5.41) is 3.53. The average Bonchev–Trinajstić information content (AvgIpc) is 3.31. The molecule has 0 fully saturated rings. The number of benzene rings is 2. The number of hydrogen-bond donors (Lipinski definition) is 1. The van der Waals surface area contributed by atoms with E-state index in [1.165, 1.54) is 11.8 Å². The number of carbonyl (C=O) groups excluding carboxylic acids is 1. The molecule has 1 amide bonds. The lowest BCUT2D eigenvalue weighted by Gasteiger charge is -2.12. The van der Waals surface area contributed by atoms with Crippen molar-refractivity contribution in [2.24, 2.45) is 14.1 Å². The van der Waals surface area contributed by atoms with Crippen LogP contribution in [0.4, 0.5) is 5.69 Å². The van der Waals surface area contributed by atoms with Crippen LogP contribution in [-0.2, 0) is 19.8 Å². The number of anilines is 1. The van der Waals surface area contributed by atoms with Gasteiger partial charge in [0.05, 0.1) is 28.7 Å². The molecule has 4 rings (SSSR count). The molecule has 6 nitrogen and oxygen atoms in total. The minimum absolute atomic E-state index is 0.122. The third-order valence-corrected chi connectivity index (χ3v) is 6.01. The summed E-state index contributed by atoms with van der Waals surface area (Å²) in [6, 6.07) is 14.2. The molecule has 29 heavy (non-hydrogen) atoms. The van der Waals surface area contributed by atoms with E-state index >= 15 is 0 Å². The van der Waals surface area contributed by atoms with Crippen LogP contribution in [-0.4, -0.2) is 15.0 Å². The molecule has 2 heterocycles. The van der Waals surface area contributed by atoms with E-state index in [0.717, 1.165) is 21.7 Å². The topological polar surface area (TPSA) is 69.2 Å². The lowest BCUT2D eigenvalue weighted by atomic mass is 10.2. The SMILES string of the molecule is Cn1c(=O)n(C)c2cc(SCc3ccco3)c(NC(=O)c3ccc(Cl)cc3)cc21. The van der Waals surface area contributed by atoms with Crippen LogP contribution < -0.4 is 11.0 Å². The lowest BCUT2D eigenvalue weighted by Crippen LogP contribution is -2.19. The molecule has 0 saturated carbocycles. The fraction of sp³-hybridized carbons (Fsp3) is 0.143. The molecule has 0 unspecified atom stereocenters. The molecule has 8 heteroatoms. The molecule has 4 aromatic rings. The average molecular weight is 428 g/mol. The number of carbonyl (C=O) groups is 1. The zero-order valence-corrected chi connectivity index (χ0v) is 17.4. The summed E-state index contributed by atoms with van der Waals surface area (Å²) in [5.41, 5.74) is 2.55. The van der Waals surface area contributed by atoms with Gasteiger partial charge < -0.3 is 9.73 Å². The third kappa shape index (κ3) is 3.83. The second-order valence-corrected chi connectivity index (χ2v) is 8.02. The van der Waals surface area contributed by atoms with Crippen molar-refractivity contribution < 1.29 is 9.21 Å².